The number of Topliss-reactive ketones (excluding diaryl/α,β-unsaturated/α-hetero) is 1. The van der Waals surface area contributed by atoms with Crippen molar-refractivity contribution in [1.82, 2.24) is 10.2 Å². The molecule has 0 aliphatic heterocycles. The van der Waals surface area contributed by atoms with Gasteiger partial charge in [0, 0.05) is 11.1 Å². The number of carbonyl (C=O) groups is 1. The Morgan fingerprint density at radius 3 is 2.43 bits per heavy atom. The van der Waals surface area contributed by atoms with Gasteiger partial charge in [-0.25, -0.2) is 4.39 Å². The standard InChI is InChI=1S/C22H21FN2O2S/c23-19-12-10-18(11-13-19)21-24-25-22(27-21)28-14-20(26)17-8-6-16(7-9-17)15-4-2-1-3-5-15/h6-13,15H,1-5,14H2. The van der Waals surface area contributed by atoms with Crippen LogP contribution < -0.4 is 0 Å². The molecule has 0 unspecified atom stereocenters. The summed E-state index contributed by atoms with van der Waals surface area (Å²) in [6, 6.07) is 13.9. The van der Waals surface area contributed by atoms with Crippen LogP contribution in [0.4, 0.5) is 4.39 Å². The average molecular weight is 396 g/mol. The van der Waals surface area contributed by atoms with E-state index < -0.39 is 0 Å². The summed E-state index contributed by atoms with van der Waals surface area (Å²) in [6.45, 7) is 0. The van der Waals surface area contributed by atoms with Gasteiger partial charge in [-0.1, -0.05) is 55.3 Å². The van der Waals surface area contributed by atoms with Crippen molar-refractivity contribution in [1.29, 1.82) is 0 Å². The second kappa shape index (κ2) is 8.69. The Balaban J connectivity index is 1.34. The molecule has 0 N–H and O–H groups in total. The molecule has 1 heterocycles. The molecule has 1 fully saturated rings. The van der Waals surface area contributed by atoms with Crippen LogP contribution in [-0.4, -0.2) is 21.7 Å². The monoisotopic (exact) mass is 396 g/mol. The number of halogens is 1. The van der Waals surface area contributed by atoms with E-state index in [0.29, 0.717) is 28.2 Å². The van der Waals surface area contributed by atoms with E-state index in [1.54, 1.807) is 12.1 Å². The van der Waals surface area contributed by atoms with Crippen molar-refractivity contribution in [2.75, 3.05) is 5.75 Å². The first-order valence-corrected chi connectivity index (χ1v) is 10.5. The maximum atomic E-state index is 13.0. The molecule has 144 valence electrons. The van der Waals surface area contributed by atoms with E-state index in [-0.39, 0.29) is 17.4 Å². The summed E-state index contributed by atoms with van der Waals surface area (Å²) >= 11 is 1.21. The van der Waals surface area contributed by atoms with Crippen LogP contribution in [0.3, 0.4) is 0 Å². The number of benzene rings is 2. The summed E-state index contributed by atoms with van der Waals surface area (Å²) in [5, 5.41) is 8.24. The van der Waals surface area contributed by atoms with Gasteiger partial charge in [-0.15, -0.1) is 10.2 Å². The number of aromatic nitrogens is 2. The molecule has 6 heteroatoms. The Morgan fingerprint density at radius 2 is 1.71 bits per heavy atom. The summed E-state index contributed by atoms with van der Waals surface area (Å²) in [5.41, 5.74) is 2.68. The molecule has 1 saturated carbocycles. The highest BCUT2D eigenvalue weighted by Gasteiger charge is 2.16. The molecule has 0 atom stereocenters. The Labute approximate surface area is 167 Å². The van der Waals surface area contributed by atoms with Gasteiger partial charge >= 0.3 is 0 Å². The van der Waals surface area contributed by atoms with Gasteiger partial charge < -0.3 is 4.42 Å². The van der Waals surface area contributed by atoms with Crippen LogP contribution in [-0.2, 0) is 0 Å². The molecule has 0 saturated heterocycles. The minimum Gasteiger partial charge on any atom is -0.411 e. The molecule has 1 aromatic heterocycles. The predicted molar refractivity (Wildman–Crippen MR) is 107 cm³/mol. The quantitative estimate of drug-likeness (QED) is 0.384. The fourth-order valence-corrected chi connectivity index (χ4v) is 4.22. The SMILES string of the molecule is O=C(CSc1nnc(-c2ccc(F)cc2)o1)c1ccc(C2CCCCC2)cc1. The molecule has 3 aromatic rings. The topological polar surface area (TPSA) is 56.0 Å². The first-order chi connectivity index (χ1) is 13.7. The third-order valence-corrected chi connectivity index (χ3v) is 5.95. The van der Waals surface area contributed by atoms with Gasteiger partial charge in [0.1, 0.15) is 5.82 Å². The number of thioether (sulfide) groups is 1. The van der Waals surface area contributed by atoms with E-state index in [2.05, 4.69) is 22.3 Å². The highest BCUT2D eigenvalue weighted by molar-refractivity contribution is 7.99. The zero-order valence-corrected chi connectivity index (χ0v) is 16.3. The van der Waals surface area contributed by atoms with Crippen LogP contribution in [0.2, 0.25) is 0 Å². The van der Waals surface area contributed by atoms with E-state index in [1.807, 2.05) is 12.1 Å². The summed E-state index contributed by atoms with van der Waals surface area (Å²) < 4.78 is 18.6. The lowest BCUT2D eigenvalue weighted by Crippen LogP contribution is -2.06. The summed E-state index contributed by atoms with van der Waals surface area (Å²) in [7, 11) is 0. The number of hydrogen-bond donors (Lipinski definition) is 0. The van der Waals surface area contributed by atoms with Gasteiger partial charge in [0.2, 0.25) is 5.89 Å². The maximum Gasteiger partial charge on any atom is 0.277 e. The summed E-state index contributed by atoms with van der Waals surface area (Å²) in [4.78, 5) is 12.5. The Kier molecular flexibility index (Phi) is 5.86. The van der Waals surface area contributed by atoms with Gasteiger partial charge in [0.25, 0.3) is 5.22 Å². The van der Waals surface area contributed by atoms with Gasteiger partial charge in [-0.05, 0) is 48.6 Å². The number of carbonyl (C=O) groups excluding carboxylic acids is 1. The smallest absolute Gasteiger partial charge is 0.277 e. The molecule has 4 nitrogen and oxygen atoms in total. The van der Waals surface area contributed by atoms with E-state index in [4.69, 9.17) is 4.42 Å². The van der Waals surface area contributed by atoms with Crippen molar-refractivity contribution < 1.29 is 13.6 Å². The van der Waals surface area contributed by atoms with Gasteiger partial charge in [-0.3, -0.25) is 4.79 Å². The first kappa shape index (κ1) is 18.9. The van der Waals surface area contributed by atoms with Crippen molar-refractivity contribution in [2.45, 2.75) is 43.2 Å². The highest BCUT2D eigenvalue weighted by atomic mass is 32.2. The van der Waals surface area contributed by atoms with Crippen molar-refractivity contribution in [3.63, 3.8) is 0 Å². The lowest BCUT2D eigenvalue weighted by molar-refractivity contribution is 0.102. The molecule has 1 aliphatic carbocycles. The number of nitrogens with zero attached hydrogens (tertiary/aromatic N) is 2. The second-order valence-corrected chi connectivity index (χ2v) is 7.98. The van der Waals surface area contributed by atoms with Crippen LogP contribution >= 0.6 is 11.8 Å². The molecule has 2 aromatic carbocycles. The molecule has 28 heavy (non-hydrogen) atoms. The van der Waals surface area contributed by atoms with Crippen molar-refractivity contribution in [2.24, 2.45) is 0 Å². The molecule has 0 spiro atoms. The molecule has 0 bridgehead atoms. The number of ketones is 1. The molecule has 1 aliphatic rings. The molecule has 0 radical (unpaired) electrons. The van der Waals surface area contributed by atoms with Crippen LogP contribution in [0, 0.1) is 5.82 Å². The van der Waals surface area contributed by atoms with Crippen LogP contribution in [0.15, 0.2) is 58.2 Å². The van der Waals surface area contributed by atoms with Crippen LogP contribution in [0.5, 0.6) is 0 Å². The van der Waals surface area contributed by atoms with Crippen molar-refractivity contribution in [3.8, 4) is 11.5 Å². The molecule has 4 rings (SSSR count). The third kappa shape index (κ3) is 4.50. The molecule has 0 amide bonds. The normalized spacial score (nSPS) is 14.9. The van der Waals surface area contributed by atoms with E-state index in [9.17, 15) is 9.18 Å². The lowest BCUT2D eigenvalue weighted by Gasteiger charge is -2.22. The van der Waals surface area contributed by atoms with Gasteiger partial charge in [-0.2, -0.15) is 0 Å². The van der Waals surface area contributed by atoms with Gasteiger partial charge in [0.05, 0.1) is 5.75 Å². The minimum absolute atomic E-state index is 0.0294. The third-order valence-electron chi connectivity index (χ3n) is 5.13. The minimum atomic E-state index is -0.321. The Bertz CT molecular complexity index is 932. The van der Waals surface area contributed by atoms with E-state index in [1.165, 1.54) is 61.6 Å². The fraction of sp³-hybridized carbons (Fsp3) is 0.318. The maximum absolute atomic E-state index is 13.0. The summed E-state index contributed by atoms with van der Waals surface area (Å²) in [5.74, 6) is 0.885. The fourth-order valence-electron chi connectivity index (χ4n) is 3.56. The van der Waals surface area contributed by atoms with Crippen LogP contribution in [0.1, 0.15) is 53.9 Å². The molecular formula is C22H21FN2O2S. The number of hydrogen-bond acceptors (Lipinski definition) is 5. The number of rotatable bonds is 6. The molecular weight excluding hydrogens is 375 g/mol. The summed E-state index contributed by atoms with van der Waals surface area (Å²) in [6.07, 6.45) is 6.42. The zero-order chi connectivity index (χ0) is 19.3. The Hall–Kier alpha value is -2.47. The average Bonchev–Trinajstić information content (AvgIpc) is 3.22. The zero-order valence-electron chi connectivity index (χ0n) is 15.4. The highest BCUT2D eigenvalue weighted by Crippen LogP contribution is 2.32. The van der Waals surface area contributed by atoms with E-state index >= 15 is 0 Å². The Morgan fingerprint density at radius 1 is 1.00 bits per heavy atom. The predicted octanol–water partition coefficient (Wildman–Crippen LogP) is 5.90. The lowest BCUT2D eigenvalue weighted by atomic mass is 9.84. The largest absolute Gasteiger partial charge is 0.411 e. The first-order valence-electron chi connectivity index (χ1n) is 9.54. The van der Waals surface area contributed by atoms with Crippen molar-refractivity contribution in [3.05, 3.63) is 65.5 Å². The second-order valence-electron chi connectivity index (χ2n) is 7.05. The van der Waals surface area contributed by atoms with Crippen LogP contribution in [0.25, 0.3) is 11.5 Å². The van der Waals surface area contributed by atoms with Crippen molar-refractivity contribution >= 4 is 17.5 Å². The van der Waals surface area contributed by atoms with Gasteiger partial charge in [0.15, 0.2) is 5.78 Å². The van der Waals surface area contributed by atoms with E-state index in [0.717, 1.165) is 0 Å².